The molecule has 8 aromatic rings. The average molecular weight is 523 g/mol. The molecule has 4 nitrogen and oxygen atoms in total. The topological polar surface area (TPSA) is 35.1 Å². The van der Waals surface area contributed by atoms with Gasteiger partial charge in [-0.1, -0.05) is 78.9 Å². The third-order valence-electron chi connectivity index (χ3n) is 7.84. The summed E-state index contributed by atoms with van der Waals surface area (Å²) in [6.45, 7) is 7.68. The normalized spacial score (nSPS) is 11.4. The molecular weight excluding hydrogens is 500 g/mol. The van der Waals surface area contributed by atoms with Crippen LogP contribution in [0.1, 0.15) is 0 Å². The summed E-state index contributed by atoms with van der Waals surface area (Å²) in [5.74, 6) is 0. The van der Waals surface area contributed by atoms with Crippen LogP contribution in [0.5, 0.6) is 0 Å². The molecule has 0 amide bonds. The summed E-state index contributed by atoms with van der Waals surface area (Å²) < 4.78 is 2.31. The van der Waals surface area contributed by atoms with Crippen molar-refractivity contribution in [2.45, 2.75) is 0 Å². The van der Waals surface area contributed by atoms with E-state index in [0.29, 0.717) is 5.69 Å². The Morgan fingerprint density at radius 2 is 1.27 bits per heavy atom. The summed E-state index contributed by atoms with van der Waals surface area (Å²) in [5.41, 5.74) is 9.75. The summed E-state index contributed by atoms with van der Waals surface area (Å²) in [7, 11) is 0. The Morgan fingerprint density at radius 3 is 2.07 bits per heavy atom. The number of fused-ring (bicyclic) bond motifs is 6. The highest BCUT2D eigenvalue weighted by molar-refractivity contribution is 6.12. The van der Waals surface area contributed by atoms with E-state index in [4.69, 9.17) is 11.6 Å². The molecule has 0 bridgehead atoms. The molecule has 8 rings (SSSR count). The number of hydrogen-bond donors (Lipinski definition) is 0. The van der Waals surface area contributed by atoms with Crippen LogP contribution < -0.4 is 0 Å². The summed E-state index contributed by atoms with van der Waals surface area (Å²) in [6, 6.07) is 43.8. The molecule has 41 heavy (non-hydrogen) atoms. The van der Waals surface area contributed by atoms with Crippen molar-refractivity contribution in [1.82, 2.24) is 14.5 Å². The third-order valence-corrected chi connectivity index (χ3v) is 7.84. The van der Waals surface area contributed by atoms with Gasteiger partial charge in [0.1, 0.15) is 0 Å². The largest absolute Gasteiger partial charge is 0.309 e. The van der Waals surface area contributed by atoms with Crippen molar-refractivity contribution >= 4 is 49.3 Å². The maximum atomic E-state index is 7.68. The number of hydrogen-bond acceptors (Lipinski definition) is 2. The second-order valence-corrected chi connectivity index (χ2v) is 10.2. The Hall–Kier alpha value is -5.79. The van der Waals surface area contributed by atoms with Gasteiger partial charge in [0.2, 0.25) is 0 Å². The molecule has 4 heteroatoms. The van der Waals surface area contributed by atoms with E-state index in [2.05, 4.69) is 105 Å². The molecule has 0 radical (unpaired) electrons. The van der Waals surface area contributed by atoms with E-state index < -0.39 is 0 Å². The summed E-state index contributed by atoms with van der Waals surface area (Å²) in [5, 5.41) is 4.43. The van der Waals surface area contributed by atoms with Gasteiger partial charge in [-0.25, -0.2) is 9.83 Å². The van der Waals surface area contributed by atoms with E-state index >= 15 is 0 Å². The molecule has 3 aromatic heterocycles. The van der Waals surface area contributed by atoms with Crippen LogP contribution >= 0.6 is 0 Å². The number of aromatic nitrogens is 3. The van der Waals surface area contributed by atoms with Gasteiger partial charge in [0.05, 0.1) is 34.3 Å². The van der Waals surface area contributed by atoms with E-state index in [0.717, 1.165) is 71.7 Å². The van der Waals surface area contributed by atoms with Crippen molar-refractivity contribution in [3.05, 3.63) is 145 Å². The maximum absolute atomic E-state index is 7.68. The van der Waals surface area contributed by atoms with Crippen LogP contribution in [0, 0.1) is 6.57 Å². The number of para-hydroxylation sites is 2. The molecule has 0 atom stereocenters. The predicted octanol–water partition coefficient (Wildman–Crippen LogP) is 9.76. The lowest BCUT2D eigenvalue weighted by Crippen LogP contribution is -1.93. The molecule has 3 heterocycles. The summed E-state index contributed by atoms with van der Waals surface area (Å²) >= 11 is 0. The molecule has 0 aliphatic carbocycles. The lowest BCUT2D eigenvalue weighted by Gasteiger charge is -2.09. The second kappa shape index (κ2) is 9.15. The van der Waals surface area contributed by atoms with Crippen LogP contribution in [0.25, 0.3) is 76.5 Å². The van der Waals surface area contributed by atoms with Gasteiger partial charge >= 0.3 is 0 Å². The number of nitrogens with zero attached hydrogens (tertiary/aromatic N) is 4. The summed E-state index contributed by atoms with van der Waals surface area (Å²) in [6.07, 6.45) is 1.82. The molecule has 0 saturated heterocycles. The first-order valence-corrected chi connectivity index (χ1v) is 13.5. The first-order chi connectivity index (χ1) is 20.3. The lowest BCUT2D eigenvalue weighted by atomic mass is 10.00. The second-order valence-electron chi connectivity index (χ2n) is 10.2. The monoisotopic (exact) mass is 522 g/mol. The van der Waals surface area contributed by atoms with Gasteiger partial charge in [-0.2, -0.15) is 0 Å². The van der Waals surface area contributed by atoms with Gasteiger partial charge in [-0.3, -0.25) is 4.98 Å². The van der Waals surface area contributed by atoms with E-state index in [1.54, 1.807) is 0 Å². The molecule has 0 saturated carbocycles. The van der Waals surface area contributed by atoms with Crippen LogP contribution in [-0.4, -0.2) is 14.5 Å². The number of benzene rings is 5. The van der Waals surface area contributed by atoms with Crippen molar-refractivity contribution in [2.24, 2.45) is 0 Å². The van der Waals surface area contributed by atoms with Crippen LogP contribution in [0.15, 0.2) is 134 Å². The van der Waals surface area contributed by atoms with E-state index in [9.17, 15) is 0 Å². The molecule has 0 unspecified atom stereocenters. The zero-order valence-electron chi connectivity index (χ0n) is 22.0. The Bertz CT molecular complexity index is 2320. The molecular formula is C37H22N4. The number of rotatable bonds is 3. The van der Waals surface area contributed by atoms with Gasteiger partial charge in [0.15, 0.2) is 5.69 Å². The van der Waals surface area contributed by atoms with Crippen molar-refractivity contribution < 1.29 is 0 Å². The minimum Gasteiger partial charge on any atom is -0.309 e. The fourth-order valence-electron chi connectivity index (χ4n) is 5.91. The SMILES string of the molecule is [C-]#[N+]c1ccccc1-c1ccc2c(c1)c1cc(-c3ccc4ccc5cccnc5c4n3)ccc1n2-c1ccccc1. The van der Waals surface area contributed by atoms with E-state index in [-0.39, 0.29) is 0 Å². The van der Waals surface area contributed by atoms with E-state index in [1.807, 2.05) is 42.6 Å². The van der Waals surface area contributed by atoms with Gasteiger partial charge < -0.3 is 4.57 Å². The molecule has 190 valence electrons. The smallest absolute Gasteiger partial charge is 0.194 e. The van der Waals surface area contributed by atoms with Gasteiger partial charge in [-0.15, -0.1) is 0 Å². The van der Waals surface area contributed by atoms with Gasteiger partial charge in [0.25, 0.3) is 0 Å². The fraction of sp³-hybridized carbons (Fsp3) is 0. The lowest BCUT2D eigenvalue weighted by molar-refractivity contribution is 1.18. The minimum atomic E-state index is 0.653. The molecule has 5 aromatic carbocycles. The first kappa shape index (κ1) is 23.1. The van der Waals surface area contributed by atoms with Crippen LogP contribution in [0.2, 0.25) is 0 Å². The van der Waals surface area contributed by atoms with Crippen molar-refractivity contribution in [1.29, 1.82) is 0 Å². The van der Waals surface area contributed by atoms with Crippen molar-refractivity contribution in [2.75, 3.05) is 0 Å². The Balaban J connectivity index is 1.39. The zero-order chi connectivity index (χ0) is 27.3. The highest BCUT2D eigenvalue weighted by atomic mass is 15.0. The van der Waals surface area contributed by atoms with E-state index in [1.165, 1.54) is 0 Å². The van der Waals surface area contributed by atoms with Crippen LogP contribution in [0.4, 0.5) is 5.69 Å². The number of pyridine rings is 2. The standard InChI is InChI=1S/C37H22N4/c1-38-33-12-6-5-11-29(33)26-16-19-34-30(22-26)31-23-27(17-20-35(31)41(34)28-9-3-2-4-10-28)32-18-15-25-14-13-24-8-7-21-39-36(24)37(25)40-32/h2-23H. The molecule has 0 spiro atoms. The quantitative estimate of drug-likeness (QED) is 0.171. The van der Waals surface area contributed by atoms with Crippen LogP contribution in [-0.2, 0) is 0 Å². The first-order valence-electron chi connectivity index (χ1n) is 13.5. The van der Waals surface area contributed by atoms with Gasteiger partial charge in [-0.05, 0) is 59.7 Å². The Labute approximate surface area is 236 Å². The Kier molecular flexibility index (Phi) is 5.16. The van der Waals surface area contributed by atoms with Gasteiger partial charge in [0, 0.05) is 39.0 Å². The average Bonchev–Trinajstić information content (AvgIpc) is 3.37. The highest BCUT2D eigenvalue weighted by Crippen LogP contribution is 2.39. The molecule has 0 aliphatic rings. The summed E-state index contributed by atoms with van der Waals surface area (Å²) in [4.78, 5) is 13.5. The molecule has 0 aliphatic heterocycles. The molecule has 0 N–H and O–H groups in total. The van der Waals surface area contributed by atoms with Crippen molar-refractivity contribution in [3.8, 4) is 28.1 Å². The highest BCUT2D eigenvalue weighted by Gasteiger charge is 2.16. The van der Waals surface area contributed by atoms with Crippen LogP contribution in [0.3, 0.4) is 0 Å². The maximum Gasteiger partial charge on any atom is 0.194 e. The third kappa shape index (κ3) is 3.68. The fourth-order valence-corrected chi connectivity index (χ4v) is 5.91. The van der Waals surface area contributed by atoms with Crippen molar-refractivity contribution in [3.63, 3.8) is 0 Å². The minimum absolute atomic E-state index is 0.653. The molecule has 0 fully saturated rings. The Morgan fingerprint density at radius 1 is 0.585 bits per heavy atom. The zero-order valence-corrected chi connectivity index (χ0v) is 22.0. The predicted molar refractivity (Wildman–Crippen MR) is 169 cm³/mol.